The van der Waals surface area contributed by atoms with Crippen molar-refractivity contribution in [3.05, 3.63) is 66.2 Å². The molecule has 0 aliphatic heterocycles. The van der Waals surface area contributed by atoms with Crippen LogP contribution in [0.3, 0.4) is 0 Å². The molecule has 1 heterocycles. The molecule has 0 spiro atoms. The molecular formula is C16H14N4O4S. The Bertz CT molecular complexity index is 1010. The van der Waals surface area contributed by atoms with Gasteiger partial charge >= 0.3 is 5.97 Å². The minimum atomic E-state index is -3.98. The molecule has 25 heavy (non-hydrogen) atoms. The Morgan fingerprint density at radius 1 is 1.00 bits per heavy atom. The predicted octanol–water partition coefficient (Wildman–Crippen LogP) is 1.50. The van der Waals surface area contributed by atoms with E-state index in [-0.39, 0.29) is 22.2 Å². The number of nitrogens with two attached hydrogens (primary N) is 2. The molecular weight excluding hydrogens is 344 g/mol. The molecule has 0 saturated carbocycles. The highest BCUT2D eigenvalue weighted by atomic mass is 32.2. The van der Waals surface area contributed by atoms with Crippen molar-refractivity contribution >= 4 is 27.5 Å². The second-order valence-corrected chi connectivity index (χ2v) is 6.85. The molecule has 128 valence electrons. The van der Waals surface area contributed by atoms with Gasteiger partial charge in [-0.3, -0.25) is 0 Å². The van der Waals surface area contributed by atoms with E-state index in [1.54, 1.807) is 30.3 Å². The maximum atomic E-state index is 12.5. The Hall–Kier alpha value is -3.33. The molecule has 3 aromatic rings. The first-order chi connectivity index (χ1) is 11.9. The lowest BCUT2D eigenvalue weighted by atomic mass is 10.2. The average Bonchev–Trinajstić information content (AvgIpc) is 2.97. The molecule has 0 aliphatic rings. The number of rotatable bonds is 4. The van der Waals surface area contributed by atoms with Crippen LogP contribution in [-0.2, 0) is 10.0 Å². The van der Waals surface area contributed by atoms with Gasteiger partial charge in [0.15, 0.2) is 0 Å². The average molecular weight is 358 g/mol. The lowest BCUT2D eigenvalue weighted by molar-refractivity contribution is 0.0727. The SMILES string of the molecule is Nc1ccc(C(=O)Oc2cc(N)n(S(=O)(=O)c3ccccc3)n2)cc1. The van der Waals surface area contributed by atoms with E-state index >= 15 is 0 Å². The van der Waals surface area contributed by atoms with Crippen LogP contribution in [0.2, 0.25) is 0 Å². The summed E-state index contributed by atoms with van der Waals surface area (Å²) in [5, 5.41) is 3.78. The highest BCUT2D eigenvalue weighted by Crippen LogP contribution is 2.21. The molecule has 4 N–H and O–H groups in total. The van der Waals surface area contributed by atoms with Gasteiger partial charge in [0.2, 0.25) is 5.88 Å². The first-order valence-corrected chi connectivity index (χ1v) is 8.56. The van der Waals surface area contributed by atoms with Gasteiger partial charge < -0.3 is 16.2 Å². The summed E-state index contributed by atoms with van der Waals surface area (Å²) >= 11 is 0. The van der Waals surface area contributed by atoms with Crippen LogP contribution in [0.4, 0.5) is 11.5 Å². The summed E-state index contributed by atoms with van der Waals surface area (Å²) in [6.07, 6.45) is 0. The van der Waals surface area contributed by atoms with E-state index < -0.39 is 16.0 Å². The third-order valence-electron chi connectivity index (χ3n) is 3.29. The van der Waals surface area contributed by atoms with Crippen molar-refractivity contribution < 1.29 is 17.9 Å². The Labute approximate surface area is 143 Å². The fourth-order valence-corrected chi connectivity index (χ4v) is 3.28. The minimum absolute atomic E-state index is 0.0150. The van der Waals surface area contributed by atoms with Crippen molar-refractivity contribution in [2.24, 2.45) is 0 Å². The highest BCUT2D eigenvalue weighted by Gasteiger charge is 2.22. The molecule has 0 amide bonds. The van der Waals surface area contributed by atoms with E-state index in [4.69, 9.17) is 16.2 Å². The van der Waals surface area contributed by atoms with Gasteiger partial charge in [-0.15, -0.1) is 9.19 Å². The standard InChI is InChI=1S/C16H14N4O4S/c17-12-8-6-11(7-9-12)16(21)24-15-10-14(18)20(19-15)25(22,23)13-4-2-1-3-5-13/h1-10H,17-18H2. The second kappa shape index (κ2) is 6.29. The van der Waals surface area contributed by atoms with Gasteiger partial charge in [0.1, 0.15) is 5.82 Å². The summed E-state index contributed by atoms with van der Waals surface area (Å²) in [5.41, 5.74) is 12.0. The van der Waals surface area contributed by atoms with Crippen molar-refractivity contribution in [1.82, 2.24) is 9.19 Å². The number of anilines is 2. The zero-order valence-electron chi connectivity index (χ0n) is 12.9. The first-order valence-electron chi connectivity index (χ1n) is 7.12. The van der Waals surface area contributed by atoms with Crippen LogP contribution in [-0.4, -0.2) is 23.6 Å². The Kier molecular flexibility index (Phi) is 4.15. The Morgan fingerprint density at radius 3 is 2.28 bits per heavy atom. The maximum Gasteiger partial charge on any atom is 0.344 e. The number of carbonyl (C=O) groups is 1. The fraction of sp³-hybridized carbons (Fsp3) is 0. The van der Waals surface area contributed by atoms with E-state index in [1.807, 2.05) is 0 Å². The molecule has 3 rings (SSSR count). The molecule has 9 heteroatoms. The number of aromatic nitrogens is 2. The van der Waals surface area contributed by atoms with Crippen LogP contribution in [0.1, 0.15) is 10.4 Å². The molecule has 0 saturated heterocycles. The van der Waals surface area contributed by atoms with Gasteiger partial charge in [0.25, 0.3) is 10.0 Å². The van der Waals surface area contributed by atoms with Crippen LogP contribution in [0, 0.1) is 0 Å². The minimum Gasteiger partial charge on any atom is -0.402 e. The Balaban J connectivity index is 1.88. The van der Waals surface area contributed by atoms with E-state index in [1.165, 1.54) is 24.3 Å². The largest absolute Gasteiger partial charge is 0.402 e. The van der Waals surface area contributed by atoms with Crippen LogP contribution in [0.5, 0.6) is 5.88 Å². The van der Waals surface area contributed by atoms with Gasteiger partial charge in [-0.05, 0) is 36.4 Å². The van der Waals surface area contributed by atoms with Crippen molar-refractivity contribution in [2.45, 2.75) is 4.90 Å². The van der Waals surface area contributed by atoms with Crippen LogP contribution < -0.4 is 16.2 Å². The number of benzene rings is 2. The second-order valence-electron chi connectivity index (χ2n) is 5.08. The van der Waals surface area contributed by atoms with Crippen LogP contribution >= 0.6 is 0 Å². The summed E-state index contributed by atoms with van der Waals surface area (Å²) in [6, 6.07) is 14.9. The molecule has 0 aliphatic carbocycles. The smallest absolute Gasteiger partial charge is 0.344 e. The summed E-state index contributed by atoms with van der Waals surface area (Å²) < 4.78 is 30.8. The summed E-state index contributed by atoms with van der Waals surface area (Å²) in [7, 11) is -3.98. The summed E-state index contributed by atoms with van der Waals surface area (Å²) in [4.78, 5) is 12.1. The van der Waals surface area contributed by atoms with Gasteiger partial charge in [0, 0.05) is 11.8 Å². The van der Waals surface area contributed by atoms with Gasteiger partial charge in [-0.2, -0.15) is 8.42 Å². The molecule has 8 nitrogen and oxygen atoms in total. The number of carbonyl (C=O) groups excluding carboxylic acids is 1. The molecule has 0 unspecified atom stereocenters. The third-order valence-corrected chi connectivity index (χ3v) is 4.91. The molecule has 0 radical (unpaired) electrons. The number of esters is 1. The highest BCUT2D eigenvalue weighted by molar-refractivity contribution is 7.90. The first kappa shape index (κ1) is 16.5. The topological polar surface area (TPSA) is 130 Å². The van der Waals surface area contributed by atoms with Gasteiger partial charge in [0.05, 0.1) is 10.5 Å². The van der Waals surface area contributed by atoms with E-state index in [2.05, 4.69) is 5.10 Å². The lowest BCUT2D eigenvalue weighted by Crippen LogP contribution is -2.17. The third kappa shape index (κ3) is 3.31. The Morgan fingerprint density at radius 2 is 1.64 bits per heavy atom. The number of ether oxygens (including phenoxy) is 1. The lowest BCUT2D eigenvalue weighted by Gasteiger charge is -2.05. The van der Waals surface area contributed by atoms with Crippen molar-refractivity contribution in [3.8, 4) is 5.88 Å². The normalized spacial score (nSPS) is 11.2. The molecule has 0 fully saturated rings. The quantitative estimate of drug-likeness (QED) is 0.534. The van der Waals surface area contributed by atoms with Gasteiger partial charge in [-0.25, -0.2) is 4.79 Å². The van der Waals surface area contributed by atoms with Crippen molar-refractivity contribution in [3.63, 3.8) is 0 Å². The number of nitrogen functional groups attached to an aromatic ring is 2. The number of nitrogens with zero attached hydrogens (tertiary/aromatic N) is 2. The van der Waals surface area contributed by atoms with E-state index in [0.29, 0.717) is 9.77 Å². The maximum absolute atomic E-state index is 12.5. The molecule has 1 aromatic heterocycles. The van der Waals surface area contributed by atoms with Crippen molar-refractivity contribution in [1.29, 1.82) is 0 Å². The number of hydrogen-bond donors (Lipinski definition) is 2. The van der Waals surface area contributed by atoms with Crippen LogP contribution in [0.15, 0.2) is 65.6 Å². The summed E-state index contributed by atoms with van der Waals surface area (Å²) in [5.74, 6) is -1.11. The molecule has 0 bridgehead atoms. The summed E-state index contributed by atoms with van der Waals surface area (Å²) in [6.45, 7) is 0. The zero-order valence-corrected chi connectivity index (χ0v) is 13.7. The molecule has 2 aromatic carbocycles. The van der Waals surface area contributed by atoms with Gasteiger partial charge in [-0.1, -0.05) is 18.2 Å². The number of hydrogen-bond acceptors (Lipinski definition) is 7. The van der Waals surface area contributed by atoms with Crippen molar-refractivity contribution in [2.75, 3.05) is 11.5 Å². The zero-order chi connectivity index (χ0) is 18.0. The monoisotopic (exact) mass is 358 g/mol. The van der Waals surface area contributed by atoms with Crippen LogP contribution in [0.25, 0.3) is 0 Å². The van der Waals surface area contributed by atoms with E-state index in [0.717, 1.165) is 6.07 Å². The van der Waals surface area contributed by atoms with E-state index in [9.17, 15) is 13.2 Å². The predicted molar refractivity (Wildman–Crippen MR) is 91.5 cm³/mol. The molecule has 0 atom stereocenters. The fourth-order valence-electron chi connectivity index (χ4n) is 2.07.